The fraction of sp³-hybridized carbons (Fsp3) is 0. The molecule has 0 amide bonds. The highest BCUT2D eigenvalue weighted by molar-refractivity contribution is 6.37. The van der Waals surface area contributed by atoms with E-state index in [4.69, 9.17) is 33.5 Å². The SMILES string of the molecule is O/N=C\c1cc(Cl)c(O)c(Cl)c1. The Morgan fingerprint density at radius 3 is 2.17 bits per heavy atom. The summed E-state index contributed by atoms with van der Waals surface area (Å²) in [6.45, 7) is 0. The minimum atomic E-state index is -0.173. The summed E-state index contributed by atoms with van der Waals surface area (Å²) in [5, 5.41) is 20.4. The van der Waals surface area contributed by atoms with Gasteiger partial charge in [0.2, 0.25) is 0 Å². The van der Waals surface area contributed by atoms with E-state index in [0.717, 1.165) is 6.21 Å². The molecule has 1 aromatic rings. The molecular formula is C7H5Cl2NO2. The fourth-order valence-electron chi connectivity index (χ4n) is 0.726. The Kier molecular flexibility index (Phi) is 2.78. The van der Waals surface area contributed by atoms with E-state index in [2.05, 4.69) is 5.16 Å². The number of nitrogens with zero attached hydrogens (tertiary/aromatic N) is 1. The van der Waals surface area contributed by atoms with Crippen LogP contribution in [0.2, 0.25) is 10.0 Å². The molecule has 1 aromatic carbocycles. The zero-order valence-electron chi connectivity index (χ0n) is 5.83. The maximum atomic E-state index is 9.13. The lowest BCUT2D eigenvalue weighted by Crippen LogP contribution is -1.82. The van der Waals surface area contributed by atoms with Crippen molar-refractivity contribution in [3.8, 4) is 5.75 Å². The molecule has 2 N–H and O–H groups in total. The quantitative estimate of drug-likeness (QED) is 0.421. The Hall–Kier alpha value is -0.930. The van der Waals surface area contributed by atoms with Gasteiger partial charge in [0.05, 0.1) is 16.3 Å². The van der Waals surface area contributed by atoms with Gasteiger partial charge >= 0.3 is 0 Å². The van der Waals surface area contributed by atoms with E-state index in [9.17, 15) is 0 Å². The Bertz CT molecular complexity index is 302. The van der Waals surface area contributed by atoms with Gasteiger partial charge in [0, 0.05) is 0 Å². The van der Waals surface area contributed by atoms with Crippen LogP contribution in [0.1, 0.15) is 5.56 Å². The van der Waals surface area contributed by atoms with Crippen molar-refractivity contribution >= 4 is 29.4 Å². The van der Waals surface area contributed by atoms with Gasteiger partial charge in [0.15, 0.2) is 5.75 Å². The predicted octanol–water partition coefficient (Wildman–Crippen LogP) is 2.51. The number of oxime groups is 1. The molecule has 5 heteroatoms. The third kappa shape index (κ3) is 1.81. The average Bonchev–Trinajstić information content (AvgIpc) is 2.01. The third-order valence-corrected chi connectivity index (χ3v) is 1.82. The first-order valence-corrected chi connectivity index (χ1v) is 3.76. The van der Waals surface area contributed by atoms with Gasteiger partial charge < -0.3 is 10.3 Å². The number of hydrogen-bond donors (Lipinski definition) is 2. The van der Waals surface area contributed by atoms with Crippen molar-refractivity contribution in [3.05, 3.63) is 27.7 Å². The Morgan fingerprint density at radius 2 is 1.75 bits per heavy atom. The van der Waals surface area contributed by atoms with Gasteiger partial charge in [-0.05, 0) is 17.7 Å². The van der Waals surface area contributed by atoms with Crippen molar-refractivity contribution in [2.45, 2.75) is 0 Å². The first kappa shape index (κ1) is 9.16. The van der Waals surface area contributed by atoms with Crippen molar-refractivity contribution in [3.63, 3.8) is 0 Å². The lowest BCUT2D eigenvalue weighted by atomic mass is 10.2. The second-order valence-electron chi connectivity index (χ2n) is 2.08. The van der Waals surface area contributed by atoms with Gasteiger partial charge in [0.25, 0.3) is 0 Å². The van der Waals surface area contributed by atoms with Crippen LogP contribution in [0.5, 0.6) is 5.75 Å². The summed E-state index contributed by atoms with van der Waals surface area (Å²) >= 11 is 11.2. The maximum absolute atomic E-state index is 9.13. The number of hydrogen-bond acceptors (Lipinski definition) is 3. The van der Waals surface area contributed by atoms with Gasteiger partial charge in [-0.3, -0.25) is 0 Å². The standard InChI is InChI=1S/C7H5Cl2NO2/c8-5-1-4(3-10-12)2-6(9)7(5)11/h1-3,11-12H/b10-3-. The molecule has 0 fully saturated rings. The molecule has 12 heavy (non-hydrogen) atoms. The molecule has 0 saturated carbocycles. The van der Waals surface area contributed by atoms with Crippen molar-refractivity contribution in [2.24, 2.45) is 5.16 Å². The Labute approximate surface area is 78.8 Å². The van der Waals surface area contributed by atoms with Crippen LogP contribution in [0.3, 0.4) is 0 Å². The van der Waals surface area contributed by atoms with Crippen molar-refractivity contribution in [2.75, 3.05) is 0 Å². The molecule has 0 heterocycles. The number of benzene rings is 1. The van der Waals surface area contributed by atoms with E-state index >= 15 is 0 Å². The molecule has 0 aliphatic heterocycles. The molecule has 0 saturated heterocycles. The molecule has 0 radical (unpaired) electrons. The van der Waals surface area contributed by atoms with Crippen molar-refractivity contribution in [1.29, 1.82) is 0 Å². The van der Waals surface area contributed by atoms with Crippen LogP contribution < -0.4 is 0 Å². The molecule has 3 nitrogen and oxygen atoms in total. The topological polar surface area (TPSA) is 52.8 Å². The van der Waals surface area contributed by atoms with Crippen LogP contribution in [0.4, 0.5) is 0 Å². The minimum Gasteiger partial charge on any atom is -0.505 e. The highest BCUT2D eigenvalue weighted by Gasteiger charge is 2.04. The summed E-state index contributed by atoms with van der Waals surface area (Å²) in [4.78, 5) is 0. The lowest BCUT2D eigenvalue weighted by molar-refractivity contribution is 0.322. The van der Waals surface area contributed by atoms with Gasteiger partial charge in [-0.25, -0.2) is 0 Å². The summed E-state index contributed by atoms with van der Waals surface area (Å²) in [5.74, 6) is -0.173. The molecule has 0 unspecified atom stereocenters. The molecule has 64 valence electrons. The van der Waals surface area contributed by atoms with Crippen molar-refractivity contribution in [1.82, 2.24) is 0 Å². The minimum absolute atomic E-state index is 0.123. The lowest BCUT2D eigenvalue weighted by Gasteiger charge is -2.00. The summed E-state index contributed by atoms with van der Waals surface area (Å²) in [5.41, 5.74) is 0.519. The molecule has 0 aliphatic carbocycles. The average molecular weight is 206 g/mol. The van der Waals surface area contributed by atoms with Crippen molar-refractivity contribution < 1.29 is 10.3 Å². The number of aromatic hydroxyl groups is 1. The van der Waals surface area contributed by atoms with Gasteiger partial charge in [-0.15, -0.1) is 0 Å². The Morgan fingerprint density at radius 1 is 1.25 bits per heavy atom. The highest BCUT2D eigenvalue weighted by Crippen LogP contribution is 2.32. The van der Waals surface area contributed by atoms with Gasteiger partial charge in [-0.2, -0.15) is 0 Å². The van der Waals surface area contributed by atoms with E-state index in [0.29, 0.717) is 5.56 Å². The number of rotatable bonds is 1. The summed E-state index contributed by atoms with van der Waals surface area (Å²) in [6, 6.07) is 2.87. The summed E-state index contributed by atoms with van der Waals surface area (Å²) in [7, 11) is 0. The van der Waals surface area contributed by atoms with Gasteiger partial charge in [-0.1, -0.05) is 28.4 Å². The molecule has 1 rings (SSSR count). The van der Waals surface area contributed by atoms with Crippen LogP contribution in [0, 0.1) is 0 Å². The zero-order valence-corrected chi connectivity index (χ0v) is 7.34. The number of phenols is 1. The molecule has 0 spiro atoms. The van der Waals surface area contributed by atoms with Crippen LogP contribution in [-0.4, -0.2) is 16.5 Å². The van der Waals surface area contributed by atoms with Crippen LogP contribution >= 0.6 is 23.2 Å². The van der Waals surface area contributed by atoms with E-state index < -0.39 is 0 Å². The molecule has 0 atom stereocenters. The van der Waals surface area contributed by atoms with E-state index in [1.54, 1.807) is 0 Å². The maximum Gasteiger partial charge on any atom is 0.152 e. The molecule has 0 aromatic heterocycles. The highest BCUT2D eigenvalue weighted by atomic mass is 35.5. The normalized spacial score (nSPS) is 10.8. The zero-order chi connectivity index (χ0) is 9.14. The van der Waals surface area contributed by atoms with Crippen LogP contribution in [0.25, 0.3) is 0 Å². The van der Waals surface area contributed by atoms with E-state index in [1.165, 1.54) is 12.1 Å². The van der Waals surface area contributed by atoms with Gasteiger partial charge in [0.1, 0.15) is 0 Å². The van der Waals surface area contributed by atoms with Crippen LogP contribution in [-0.2, 0) is 0 Å². The number of phenolic OH excluding ortho intramolecular Hbond substituents is 1. The van der Waals surface area contributed by atoms with E-state index in [-0.39, 0.29) is 15.8 Å². The monoisotopic (exact) mass is 205 g/mol. The van der Waals surface area contributed by atoms with Crippen LogP contribution in [0.15, 0.2) is 17.3 Å². The second kappa shape index (κ2) is 3.65. The van der Waals surface area contributed by atoms with E-state index in [1.807, 2.05) is 0 Å². The fourth-order valence-corrected chi connectivity index (χ4v) is 1.23. The first-order chi connectivity index (χ1) is 5.65. The predicted molar refractivity (Wildman–Crippen MR) is 47.5 cm³/mol. The first-order valence-electron chi connectivity index (χ1n) is 3.00. The molecular weight excluding hydrogens is 201 g/mol. The summed E-state index contributed by atoms with van der Waals surface area (Å²) < 4.78 is 0. The summed E-state index contributed by atoms with van der Waals surface area (Å²) in [6.07, 6.45) is 1.16. The molecule has 0 bridgehead atoms. The smallest absolute Gasteiger partial charge is 0.152 e. The molecule has 0 aliphatic rings. The second-order valence-corrected chi connectivity index (χ2v) is 2.89. The Balaban J connectivity index is 3.21. The largest absolute Gasteiger partial charge is 0.505 e. The third-order valence-electron chi connectivity index (χ3n) is 1.25. The number of halogens is 2.